The smallest absolute Gasteiger partial charge is 1.00 e. The zero-order chi connectivity index (χ0) is 17.9. The van der Waals surface area contributed by atoms with Gasteiger partial charge in [-0.3, -0.25) is 0 Å². The summed E-state index contributed by atoms with van der Waals surface area (Å²) in [4.78, 5) is 0. The minimum absolute atomic E-state index is 0. The molecule has 0 amide bonds. The molecule has 1 atom stereocenters. The van der Waals surface area contributed by atoms with Gasteiger partial charge in [0.1, 0.15) is 0 Å². The van der Waals surface area contributed by atoms with E-state index in [0.29, 0.717) is 16.8 Å². The third kappa shape index (κ3) is 6.37. The van der Waals surface area contributed by atoms with Crippen molar-refractivity contribution >= 4 is 18.1 Å². The Hall–Kier alpha value is -0.250. The van der Waals surface area contributed by atoms with E-state index in [1.807, 2.05) is 0 Å². The molecule has 6 heteroatoms. The molecule has 0 fully saturated rings. The largest absolute Gasteiger partial charge is 1.00 e. The van der Waals surface area contributed by atoms with Crippen molar-refractivity contribution in [2.75, 3.05) is 13.2 Å². The average molecular weight is 503 g/mol. The van der Waals surface area contributed by atoms with Gasteiger partial charge in [0, 0.05) is 0 Å². The summed E-state index contributed by atoms with van der Waals surface area (Å²) in [6.45, 7) is 10.3. The number of allylic oxidation sites excluding steroid dienone is 4. The van der Waals surface area contributed by atoms with Gasteiger partial charge >= 0.3 is 161 Å². The molecule has 0 saturated carbocycles. The van der Waals surface area contributed by atoms with E-state index < -0.39 is 29.6 Å². The van der Waals surface area contributed by atoms with Crippen molar-refractivity contribution in [1.29, 1.82) is 0 Å². The second-order valence-corrected chi connectivity index (χ2v) is 18.7. The monoisotopic (exact) mass is 500 g/mol. The van der Waals surface area contributed by atoms with E-state index in [1.165, 1.54) is 11.1 Å². The van der Waals surface area contributed by atoms with Gasteiger partial charge in [-0.15, -0.1) is 0 Å². The van der Waals surface area contributed by atoms with Crippen LogP contribution in [-0.2, 0) is 30.4 Å². The maximum Gasteiger partial charge on any atom is -1.00 e. The molecule has 0 radical (unpaired) electrons. The van der Waals surface area contributed by atoms with Crippen molar-refractivity contribution in [3.63, 3.8) is 0 Å². The normalized spacial score (nSPS) is 17.6. The van der Waals surface area contributed by atoms with E-state index in [1.54, 1.807) is 3.28 Å². The van der Waals surface area contributed by atoms with Gasteiger partial charge in [0.15, 0.2) is 0 Å². The number of halogens is 2. The number of benzene rings is 1. The Kier molecular flexibility index (Phi) is 10.2. The summed E-state index contributed by atoms with van der Waals surface area (Å²) in [6.07, 6.45) is 10.2. The second-order valence-electron chi connectivity index (χ2n) is 7.47. The van der Waals surface area contributed by atoms with Crippen LogP contribution in [0, 0.1) is 0 Å². The van der Waals surface area contributed by atoms with E-state index in [0.717, 1.165) is 12.2 Å². The quantitative estimate of drug-likeness (QED) is 0.361. The molecule has 0 bridgehead atoms. The molecular formula is C21H28Cl2O2SiZr. The van der Waals surface area contributed by atoms with Gasteiger partial charge in [0.2, 0.25) is 0 Å². The van der Waals surface area contributed by atoms with Gasteiger partial charge < -0.3 is 24.8 Å². The van der Waals surface area contributed by atoms with Crippen LogP contribution in [-0.4, -0.2) is 25.2 Å². The van der Waals surface area contributed by atoms with Crippen LogP contribution in [0.15, 0.2) is 51.5 Å². The Morgan fingerprint density at radius 2 is 1.85 bits per heavy atom. The fraction of sp³-hybridized carbons (Fsp3) is 0.381. The molecule has 0 heterocycles. The molecule has 0 aliphatic heterocycles. The van der Waals surface area contributed by atoms with Gasteiger partial charge in [-0.05, 0) is 0 Å². The summed E-state index contributed by atoms with van der Waals surface area (Å²) in [5.74, 6) is 1.13. The van der Waals surface area contributed by atoms with Crippen molar-refractivity contribution in [1.82, 2.24) is 0 Å². The van der Waals surface area contributed by atoms with Crippen LogP contribution in [0.25, 0.3) is 6.08 Å². The number of rotatable bonds is 7. The number of hydrogen-bond acceptors (Lipinski definition) is 2. The van der Waals surface area contributed by atoms with E-state index in [9.17, 15) is 0 Å². The predicted molar refractivity (Wildman–Crippen MR) is 106 cm³/mol. The summed E-state index contributed by atoms with van der Waals surface area (Å²) in [5.41, 5.74) is 2.90. The van der Waals surface area contributed by atoms with Gasteiger partial charge in [-0.2, -0.15) is 0 Å². The summed E-state index contributed by atoms with van der Waals surface area (Å²) in [7, 11) is -1.46. The molecule has 27 heavy (non-hydrogen) atoms. The molecule has 0 aromatic heterocycles. The maximum absolute atomic E-state index is 6.14. The average Bonchev–Trinajstić information content (AvgIpc) is 3.20. The first-order valence-electron chi connectivity index (χ1n) is 9.10. The summed E-state index contributed by atoms with van der Waals surface area (Å²) < 4.78 is 16.8. The van der Waals surface area contributed by atoms with Crippen molar-refractivity contribution in [2.45, 2.75) is 36.6 Å². The van der Waals surface area contributed by atoms with Gasteiger partial charge in [0.05, 0.1) is 0 Å². The fourth-order valence-electron chi connectivity index (χ4n) is 3.44. The fourth-order valence-corrected chi connectivity index (χ4v) is 11.0. The van der Waals surface area contributed by atoms with Crippen LogP contribution >= 0.6 is 0 Å². The molecule has 0 spiro atoms. The van der Waals surface area contributed by atoms with Crippen LogP contribution < -0.4 is 24.8 Å². The molecule has 2 aliphatic carbocycles. The molecule has 1 aromatic carbocycles. The van der Waals surface area contributed by atoms with Crippen LogP contribution in [0.4, 0.5) is 0 Å². The Bertz CT molecular complexity index is 764. The maximum atomic E-state index is 6.14. The Labute approximate surface area is 184 Å². The minimum Gasteiger partial charge on any atom is -1.00 e. The predicted octanol–water partition coefficient (Wildman–Crippen LogP) is -0.758. The third-order valence-electron chi connectivity index (χ3n) is 4.56. The molecular weight excluding hydrogens is 474 g/mol. The molecule has 3 rings (SSSR count). The molecule has 2 nitrogen and oxygen atoms in total. The van der Waals surface area contributed by atoms with Gasteiger partial charge in [0.25, 0.3) is 0 Å². The Morgan fingerprint density at radius 3 is 2.56 bits per heavy atom. The number of ether oxygens (including phenoxy) is 1. The van der Waals surface area contributed by atoms with Crippen LogP contribution in [0.3, 0.4) is 0 Å². The second kappa shape index (κ2) is 11.1. The van der Waals surface area contributed by atoms with E-state index in [-0.39, 0.29) is 24.8 Å². The molecule has 146 valence electrons. The Morgan fingerprint density at radius 1 is 1.11 bits per heavy atom. The number of hydrogen-bond donors (Lipinski definition) is 0. The molecule has 1 unspecified atom stereocenters. The van der Waals surface area contributed by atoms with Crippen LogP contribution in [0.5, 0.6) is 0 Å². The molecule has 2 aliphatic rings. The first-order valence-corrected chi connectivity index (χ1v) is 16.6. The van der Waals surface area contributed by atoms with Crippen LogP contribution in [0.2, 0.25) is 19.6 Å². The zero-order valence-corrected chi connectivity index (χ0v) is 21.4. The van der Waals surface area contributed by atoms with Crippen molar-refractivity contribution in [2.24, 2.45) is 0 Å². The summed E-state index contributed by atoms with van der Waals surface area (Å²) in [5, 5.41) is 0. The zero-order valence-electron chi connectivity index (χ0n) is 16.5. The Balaban J connectivity index is 0.00000182. The summed E-state index contributed by atoms with van der Waals surface area (Å²) >= 11 is -1.93. The first kappa shape index (κ1) is 24.8. The molecule has 0 N–H and O–H groups in total. The number of fused-ring (bicyclic) bond motifs is 1. The molecule has 1 aromatic rings. The van der Waals surface area contributed by atoms with E-state index in [4.69, 9.17) is 9.16 Å². The standard InChI is InChI=1S/C10H17O2Si.C9H7.C2H4.2ClH.Zr/c1-13(2,3)12-9-8-11-10-6-4-5-7-10;1-2-5-9-7-3-6-8(9)4-1;1-2;;;/h4,6H,5,8-9H2,1-3H3;1-7H;1H,2H3;2*1H;/q;;;;;+2/p-2. The van der Waals surface area contributed by atoms with E-state index in [2.05, 4.69) is 78.8 Å². The minimum atomic E-state index is -1.93. The van der Waals surface area contributed by atoms with Gasteiger partial charge in [-0.25, -0.2) is 0 Å². The SMILES string of the molecule is C[CH]=[Zr+2]([C]1=C(OCCO[Si](C)(C)C)C=CC1)[CH]1C=Cc2ccccc21.[Cl-].[Cl-]. The van der Waals surface area contributed by atoms with Crippen molar-refractivity contribution in [3.8, 4) is 0 Å². The third-order valence-corrected chi connectivity index (χ3v) is 12.9. The van der Waals surface area contributed by atoms with Gasteiger partial charge in [-0.1, -0.05) is 0 Å². The summed E-state index contributed by atoms with van der Waals surface area (Å²) in [6, 6.07) is 8.83. The van der Waals surface area contributed by atoms with E-state index >= 15 is 0 Å². The molecule has 0 saturated heterocycles. The van der Waals surface area contributed by atoms with Crippen molar-refractivity contribution < 1.29 is 55.2 Å². The topological polar surface area (TPSA) is 18.5 Å². The van der Waals surface area contributed by atoms with Crippen molar-refractivity contribution in [3.05, 3.63) is 62.7 Å². The van der Waals surface area contributed by atoms with Crippen LogP contribution in [0.1, 0.15) is 28.1 Å². The first-order chi connectivity index (χ1) is 12.0.